The van der Waals surface area contributed by atoms with Gasteiger partial charge >= 0.3 is 0 Å². The number of carbonyl (C=O) groups is 1. The molecule has 3 heteroatoms. The molecule has 0 saturated carbocycles. The van der Waals surface area contributed by atoms with Crippen LogP contribution in [0.3, 0.4) is 0 Å². The van der Waals surface area contributed by atoms with E-state index >= 15 is 0 Å². The highest BCUT2D eigenvalue weighted by Crippen LogP contribution is 2.27. The lowest BCUT2D eigenvalue weighted by Gasteiger charge is -2.11. The Hall–Kier alpha value is -3.07. The van der Waals surface area contributed by atoms with E-state index in [-0.39, 0.29) is 5.91 Å². The van der Waals surface area contributed by atoms with Gasteiger partial charge in [-0.2, -0.15) is 0 Å². The summed E-state index contributed by atoms with van der Waals surface area (Å²) in [5, 5.41) is 3.02. The third-order valence-electron chi connectivity index (χ3n) is 3.81. The van der Waals surface area contributed by atoms with Gasteiger partial charge in [0.25, 0.3) is 0 Å². The van der Waals surface area contributed by atoms with Crippen LogP contribution in [0.2, 0.25) is 0 Å². The Kier molecular flexibility index (Phi) is 4.92. The van der Waals surface area contributed by atoms with Crippen molar-refractivity contribution in [3.63, 3.8) is 0 Å². The van der Waals surface area contributed by atoms with Crippen molar-refractivity contribution < 1.29 is 9.53 Å². The van der Waals surface area contributed by atoms with E-state index in [4.69, 9.17) is 4.74 Å². The lowest BCUT2D eigenvalue weighted by Crippen LogP contribution is -2.15. The Morgan fingerprint density at radius 3 is 2.25 bits per heavy atom. The number of hydrogen-bond acceptors (Lipinski definition) is 2. The first-order valence-electron chi connectivity index (χ1n) is 7.83. The van der Waals surface area contributed by atoms with Crippen molar-refractivity contribution in [3.8, 4) is 16.9 Å². The molecule has 0 atom stereocenters. The normalized spacial score (nSPS) is 10.2. The lowest BCUT2D eigenvalue weighted by molar-refractivity contribution is -0.115. The molecule has 0 heterocycles. The van der Waals surface area contributed by atoms with E-state index in [1.807, 2.05) is 78.9 Å². The smallest absolute Gasteiger partial charge is 0.228 e. The Morgan fingerprint density at radius 2 is 1.54 bits per heavy atom. The van der Waals surface area contributed by atoms with Gasteiger partial charge in [-0.1, -0.05) is 60.7 Å². The highest BCUT2D eigenvalue weighted by Gasteiger charge is 2.09. The molecule has 1 amide bonds. The minimum Gasteiger partial charge on any atom is -0.497 e. The molecule has 0 fully saturated rings. The summed E-state index contributed by atoms with van der Waals surface area (Å²) in [5.74, 6) is 0.747. The number of hydrogen-bond donors (Lipinski definition) is 1. The minimum atomic E-state index is -0.0384. The van der Waals surface area contributed by atoms with Crippen LogP contribution in [0, 0.1) is 0 Å². The largest absolute Gasteiger partial charge is 0.497 e. The Morgan fingerprint density at radius 1 is 0.875 bits per heavy atom. The summed E-state index contributed by atoms with van der Waals surface area (Å²) in [7, 11) is 1.63. The van der Waals surface area contributed by atoms with E-state index in [0.29, 0.717) is 6.42 Å². The molecule has 0 bridgehead atoms. The van der Waals surface area contributed by atoms with Crippen LogP contribution in [-0.4, -0.2) is 13.0 Å². The molecule has 3 aromatic rings. The van der Waals surface area contributed by atoms with E-state index < -0.39 is 0 Å². The van der Waals surface area contributed by atoms with Gasteiger partial charge in [0.2, 0.25) is 5.91 Å². The summed E-state index contributed by atoms with van der Waals surface area (Å²) >= 11 is 0. The fraction of sp³-hybridized carbons (Fsp3) is 0.0952. The molecule has 0 saturated heterocycles. The molecule has 0 aromatic heterocycles. The van der Waals surface area contributed by atoms with Crippen molar-refractivity contribution >= 4 is 11.6 Å². The average Bonchev–Trinajstić information content (AvgIpc) is 2.63. The second-order valence-corrected chi connectivity index (χ2v) is 5.48. The van der Waals surface area contributed by atoms with Crippen molar-refractivity contribution in [2.45, 2.75) is 6.42 Å². The standard InChI is InChI=1S/C21H19NO2/c1-24-18-13-11-16(12-14-18)15-21(23)22-20-10-6-5-9-19(20)17-7-3-2-4-8-17/h2-14H,15H2,1H3,(H,22,23). The molecule has 1 N–H and O–H groups in total. The van der Waals surface area contributed by atoms with Crippen LogP contribution >= 0.6 is 0 Å². The molecule has 0 aliphatic heterocycles. The molecule has 3 aromatic carbocycles. The number of benzene rings is 3. The highest BCUT2D eigenvalue weighted by molar-refractivity contribution is 5.96. The summed E-state index contributed by atoms with van der Waals surface area (Å²) in [6.07, 6.45) is 0.327. The monoisotopic (exact) mass is 317 g/mol. The van der Waals surface area contributed by atoms with E-state index in [1.54, 1.807) is 7.11 Å². The van der Waals surface area contributed by atoms with E-state index in [1.165, 1.54) is 0 Å². The lowest BCUT2D eigenvalue weighted by atomic mass is 10.0. The third kappa shape index (κ3) is 3.82. The quantitative estimate of drug-likeness (QED) is 0.750. The topological polar surface area (TPSA) is 38.3 Å². The first kappa shape index (κ1) is 15.8. The summed E-state index contributed by atoms with van der Waals surface area (Å²) in [5.41, 5.74) is 3.87. The zero-order chi connectivity index (χ0) is 16.8. The summed E-state index contributed by atoms with van der Waals surface area (Å²) < 4.78 is 5.13. The van der Waals surface area contributed by atoms with Gasteiger partial charge in [0.1, 0.15) is 5.75 Å². The van der Waals surface area contributed by atoms with Crippen LogP contribution < -0.4 is 10.1 Å². The van der Waals surface area contributed by atoms with Gasteiger partial charge in [-0.25, -0.2) is 0 Å². The summed E-state index contributed by atoms with van der Waals surface area (Å²) in [4.78, 5) is 12.4. The molecule has 0 spiro atoms. The van der Waals surface area contributed by atoms with Crippen LogP contribution in [0.4, 0.5) is 5.69 Å². The fourth-order valence-corrected chi connectivity index (χ4v) is 2.58. The van der Waals surface area contributed by atoms with Crippen molar-refractivity contribution in [2.75, 3.05) is 12.4 Å². The predicted molar refractivity (Wildman–Crippen MR) is 97.2 cm³/mol. The number of anilines is 1. The van der Waals surface area contributed by atoms with Gasteiger partial charge in [0, 0.05) is 11.3 Å². The van der Waals surface area contributed by atoms with E-state index in [0.717, 1.165) is 28.1 Å². The molecule has 0 radical (unpaired) electrons. The Balaban J connectivity index is 1.75. The summed E-state index contributed by atoms with van der Waals surface area (Å²) in [6, 6.07) is 25.4. The first-order valence-corrected chi connectivity index (χ1v) is 7.83. The average molecular weight is 317 g/mol. The Labute approximate surface area is 141 Å². The van der Waals surface area contributed by atoms with Crippen LogP contribution in [0.1, 0.15) is 5.56 Å². The van der Waals surface area contributed by atoms with Gasteiger partial charge in [-0.15, -0.1) is 0 Å². The molecule has 0 unspecified atom stereocenters. The van der Waals surface area contributed by atoms with Crippen molar-refractivity contribution in [3.05, 3.63) is 84.4 Å². The predicted octanol–water partition coefficient (Wildman–Crippen LogP) is 4.54. The maximum Gasteiger partial charge on any atom is 0.228 e. The van der Waals surface area contributed by atoms with Crippen LogP contribution in [0.25, 0.3) is 11.1 Å². The second-order valence-electron chi connectivity index (χ2n) is 5.48. The number of methoxy groups -OCH3 is 1. The minimum absolute atomic E-state index is 0.0384. The Bertz CT molecular complexity index is 811. The number of carbonyl (C=O) groups excluding carboxylic acids is 1. The molecular formula is C21H19NO2. The number of nitrogens with one attached hydrogen (secondary N) is 1. The molecule has 0 aliphatic carbocycles. The maximum atomic E-state index is 12.4. The number of amides is 1. The van der Waals surface area contributed by atoms with Crippen molar-refractivity contribution in [2.24, 2.45) is 0 Å². The van der Waals surface area contributed by atoms with Gasteiger partial charge < -0.3 is 10.1 Å². The van der Waals surface area contributed by atoms with Crippen LogP contribution in [0.15, 0.2) is 78.9 Å². The fourth-order valence-electron chi connectivity index (χ4n) is 2.58. The number of ether oxygens (including phenoxy) is 1. The molecule has 3 rings (SSSR count). The van der Waals surface area contributed by atoms with Crippen LogP contribution in [-0.2, 0) is 11.2 Å². The van der Waals surface area contributed by atoms with Gasteiger partial charge in [0.05, 0.1) is 13.5 Å². The van der Waals surface area contributed by atoms with E-state index in [2.05, 4.69) is 5.32 Å². The number of rotatable bonds is 5. The zero-order valence-corrected chi connectivity index (χ0v) is 13.5. The highest BCUT2D eigenvalue weighted by atomic mass is 16.5. The van der Waals surface area contributed by atoms with E-state index in [9.17, 15) is 4.79 Å². The SMILES string of the molecule is COc1ccc(CC(=O)Nc2ccccc2-c2ccccc2)cc1. The maximum absolute atomic E-state index is 12.4. The molecule has 24 heavy (non-hydrogen) atoms. The van der Waals surface area contributed by atoms with Crippen molar-refractivity contribution in [1.29, 1.82) is 0 Å². The third-order valence-corrected chi connectivity index (χ3v) is 3.81. The zero-order valence-electron chi connectivity index (χ0n) is 13.5. The first-order chi connectivity index (χ1) is 11.8. The van der Waals surface area contributed by atoms with Gasteiger partial charge in [-0.05, 0) is 29.3 Å². The molecule has 120 valence electrons. The summed E-state index contributed by atoms with van der Waals surface area (Å²) in [6.45, 7) is 0. The van der Waals surface area contributed by atoms with Gasteiger partial charge in [0.15, 0.2) is 0 Å². The molecular weight excluding hydrogens is 298 g/mol. The molecule has 3 nitrogen and oxygen atoms in total. The van der Waals surface area contributed by atoms with Crippen LogP contribution in [0.5, 0.6) is 5.75 Å². The van der Waals surface area contributed by atoms with Crippen molar-refractivity contribution in [1.82, 2.24) is 0 Å². The second kappa shape index (κ2) is 7.47. The molecule has 0 aliphatic rings. The number of para-hydroxylation sites is 1. The van der Waals surface area contributed by atoms with Gasteiger partial charge in [-0.3, -0.25) is 4.79 Å².